The van der Waals surface area contributed by atoms with Gasteiger partial charge in [0.2, 0.25) is 0 Å². The first kappa shape index (κ1) is 26.2. The number of aliphatic hydroxyl groups is 1. The van der Waals surface area contributed by atoms with Crippen LogP contribution in [0.1, 0.15) is 24.0 Å². The molecule has 2 atom stereocenters. The number of fused-ring (bicyclic) bond motifs is 1. The molecule has 37 heavy (non-hydrogen) atoms. The lowest BCUT2D eigenvalue weighted by molar-refractivity contribution is -0.274. The van der Waals surface area contributed by atoms with Gasteiger partial charge >= 0.3 is 18.1 Å². The first-order valence-electron chi connectivity index (χ1n) is 10.6. The Bertz CT molecular complexity index is 1580. The molecule has 194 valence electrons. The third kappa shape index (κ3) is 4.56. The maximum absolute atomic E-state index is 14.4. The van der Waals surface area contributed by atoms with E-state index in [9.17, 15) is 32.3 Å². The molecule has 1 aromatic heterocycles. The van der Waals surface area contributed by atoms with Crippen molar-refractivity contribution < 1.29 is 41.7 Å². The molecule has 0 aliphatic carbocycles. The Kier molecular flexibility index (Phi) is 6.55. The maximum atomic E-state index is 14.4. The first-order valence-corrected chi connectivity index (χ1v) is 11.0. The second kappa shape index (κ2) is 9.24. The minimum absolute atomic E-state index is 0.0438. The van der Waals surface area contributed by atoms with Crippen molar-refractivity contribution in [3.05, 3.63) is 87.1 Å². The predicted molar refractivity (Wildman–Crippen MR) is 125 cm³/mol. The molecule has 0 aliphatic rings. The van der Waals surface area contributed by atoms with Gasteiger partial charge in [0, 0.05) is 18.0 Å². The van der Waals surface area contributed by atoms with E-state index in [0.29, 0.717) is 5.56 Å². The van der Waals surface area contributed by atoms with Gasteiger partial charge in [-0.15, -0.1) is 0 Å². The molecule has 0 spiro atoms. The van der Waals surface area contributed by atoms with Gasteiger partial charge < -0.3 is 19.4 Å². The van der Waals surface area contributed by atoms with Gasteiger partial charge in [-0.1, -0.05) is 42.8 Å². The number of aryl methyl sites for hydroxylation is 1. The highest BCUT2D eigenvalue weighted by molar-refractivity contribution is 6.31. The molecule has 2 unspecified atom stereocenters. The number of hydrogen-bond donors (Lipinski definition) is 2. The molecule has 0 saturated heterocycles. The van der Waals surface area contributed by atoms with Crippen LogP contribution in [0.15, 0.2) is 63.8 Å². The number of nitrogens with zero attached hydrogens (tertiary/aromatic N) is 1. The summed E-state index contributed by atoms with van der Waals surface area (Å²) in [7, 11) is 1.33. The van der Waals surface area contributed by atoms with Crippen LogP contribution in [0, 0.1) is 5.82 Å². The van der Waals surface area contributed by atoms with Crippen LogP contribution in [0.5, 0.6) is 5.75 Å². The summed E-state index contributed by atoms with van der Waals surface area (Å²) in [6.07, 6.45) is -6.84. The summed E-state index contributed by atoms with van der Waals surface area (Å²) in [5, 5.41) is 19.6. The lowest BCUT2D eigenvalue weighted by atomic mass is 9.77. The molecule has 3 aromatic carbocycles. The molecule has 4 aromatic rings. The quantitative estimate of drug-likeness (QED) is 0.178. The Balaban J connectivity index is 1.76. The fourth-order valence-corrected chi connectivity index (χ4v) is 4.51. The largest absolute Gasteiger partial charge is 0.511 e. The number of rotatable bonds is 5. The molecular weight excluding hydrogens is 522 g/mol. The Hall–Kier alpha value is -3.83. The zero-order valence-electron chi connectivity index (χ0n) is 19.1. The molecule has 12 heteroatoms. The van der Waals surface area contributed by atoms with Crippen LogP contribution in [-0.2, 0) is 12.6 Å². The van der Waals surface area contributed by atoms with E-state index in [1.807, 2.05) is 0 Å². The number of hydrogen-bond acceptors (Lipinski definition) is 5. The number of aromatic nitrogens is 1. The number of ether oxygens (including phenoxy) is 1. The highest BCUT2D eigenvalue weighted by atomic mass is 35.5. The van der Waals surface area contributed by atoms with E-state index < -0.39 is 46.7 Å². The van der Waals surface area contributed by atoms with Gasteiger partial charge in [-0.3, -0.25) is 4.57 Å². The molecule has 4 rings (SSSR count). The van der Waals surface area contributed by atoms with E-state index in [0.717, 1.165) is 35.8 Å². The van der Waals surface area contributed by atoms with E-state index in [1.165, 1.54) is 37.4 Å². The van der Waals surface area contributed by atoms with Gasteiger partial charge in [0.05, 0.1) is 5.52 Å². The smallest absolute Gasteiger partial charge is 0.449 e. The first-order chi connectivity index (χ1) is 17.2. The Labute approximate surface area is 211 Å². The number of carboxylic acid groups (broad SMARTS) is 1. The zero-order chi connectivity index (χ0) is 27.3. The number of oxazole rings is 1. The van der Waals surface area contributed by atoms with Crippen molar-refractivity contribution in [3.63, 3.8) is 0 Å². The van der Waals surface area contributed by atoms with Crippen LogP contribution in [0.3, 0.4) is 0 Å². The van der Waals surface area contributed by atoms with Crippen LogP contribution in [0.2, 0.25) is 5.02 Å². The van der Waals surface area contributed by atoms with Crippen LogP contribution >= 0.6 is 11.6 Å². The normalized spacial score (nSPS) is 14.4. The monoisotopic (exact) mass is 539 g/mol. The van der Waals surface area contributed by atoms with Crippen molar-refractivity contribution in [2.75, 3.05) is 0 Å². The second-order valence-corrected chi connectivity index (χ2v) is 8.75. The van der Waals surface area contributed by atoms with E-state index in [4.69, 9.17) is 21.1 Å². The SMILES string of the molecule is CC(c1ccc(-c2ccc(OC(=O)O)c(F)c2)cc1Cl)C(O)(c1ccc2oc(=O)n(C)c2c1)C(F)(F)F. The van der Waals surface area contributed by atoms with Crippen LogP contribution in [0.4, 0.5) is 22.4 Å². The molecular formula is C25H18ClF4NO6. The summed E-state index contributed by atoms with van der Waals surface area (Å²) < 4.78 is 67.7. The minimum atomic E-state index is -5.15. The van der Waals surface area contributed by atoms with Crippen molar-refractivity contribution in [3.8, 4) is 16.9 Å². The summed E-state index contributed by atoms with van der Waals surface area (Å²) >= 11 is 6.35. The average Bonchev–Trinajstić information content (AvgIpc) is 3.11. The van der Waals surface area contributed by atoms with Crippen LogP contribution in [0.25, 0.3) is 22.2 Å². The van der Waals surface area contributed by atoms with Crippen molar-refractivity contribution in [1.82, 2.24) is 4.57 Å². The molecule has 0 bridgehead atoms. The fourth-order valence-electron chi connectivity index (χ4n) is 4.16. The van der Waals surface area contributed by atoms with Crippen LogP contribution in [-0.4, -0.2) is 27.1 Å². The molecule has 7 nitrogen and oxygen atoms in total. The second-order valence-electron chi connectivity index (χ2n) is 8.34. The van der Waals surface area contributed by atoms with Gasteiger partial charge in [0.15, 0.2) is 22.8 Å². The van der Waals surface area contributed by atoms with Gasteiger partial charge in [0.1, 0.15) is 0 Å². The summed E-state index contributed by atoms with van der Waals surface area (Å²) in [4.78, 5) is 22.4. The maximum Gasteiger partial charge on any atom is 0.511 e. The predicted octanol–water partition coefficient (Wildman–Crippen LogP) is 6.20. The summed E-state index contributed by atoms with van der Waals surface area (Å²) in [5.74, 6) is -3.87. The molecule has 0 aliphatic heterocycles. The standard InChI is InChI=1S/C25H18ClF4NO6/c1-12(24(35,25(28,29)30)15-5-8-21-19(11-15)31(2)22(32)36-21)16-6-3-13(9-17(16)26)14-4-7-20(18(27)10-14)37-23(33)34/h3-12,35H,1-2H3,(H,33,34). The van der Waals surface area contributed by atoms with Crippen molar-refractivity contribution >= 4 is 28.9 Å². The highest BCUT2D eigenvalue weighted by Crippen LogP contribution is 2.50. The van der Waals surface area contributed by atoms with Crippen molar-refractivity contribution in [2.45, 2.75) is 24.6 Å². The Morgan fingerprint density at radius 1 is 1.08 bits per heavy atom. The van der Waals surface area contributed by atoms with E-state index in [1.54, 1.807) is 0 Å². The van der Waals surface area contributed by atoms with Crippen molar-refractivity contribution in [1.29, 1.82) is 0 Å². The van der Waals surface area contributed by atoms with Gasteiger partial charge in [-0.2, -0.15) is 13.2 Å². The summed E-state index contributed by atoms with van der Waals surface area (Å²) in [6, 6.07) is 10.7. The lowest BCUT2D eigenvalue weighted by Crippen LogP contribution is -2.46. The molecule has 2 N–H and O–H groups in total. The minimum Gasteiger partial charge on any atom is -0.449 e. The number of carbonyl (C=O) groups is 1. The summed E-state index contributed by atoms with van der Waals surface area (Å²) in [6.45, 7) is 1.16. The van der Waals surface area contributed by atoms with Gasteiger partial charge in [0.25, 0.3) is 0 Å². The topological polar surface area (TPSA) is 102 Å². The fraction of sp³-hybridized carbons (Fsp3) is 0.200. The average molecular weight is 540 g/mol. The van der Waals surface area contributed by atoms with Gasteiger partial charge in [-0.05, 0) is 52.6 Å². The molecule has 0 amide bonds. The molecule has 0 radical (unpaired) electrons. The summed E-state index contributed by atoms with van der Waals surface area (Å²) in [5.41, 5.74) is -3.26. The van der Waals surface area contributed by atoms with Crippen molar-refractivity contribution in [2.24, 2.45) is 7.05 Å². The number of alkyl halides is 3. The van der Waals surface area contributed by atoms with Gasteiger partial charge in [-0.25, -0.2) is 14.0 Å². The third-order valence-electron chi connectivity index (χ3n) is 6.22. The third-order valence-corrected chi connectivity index (χ3v) is 6.55. The highest BCUT2D eigenvalue weighted by Gasteiger charge is 2.59. The van der Waals surface area contributed by atoms with Crippen LogP contribution < -0.4 is 10.5 Å². The molecule has 0 saturated carbocycles. The number of halogens is 5. The lowest BCUT2D eigenvalue weighted by Gasteiger charge is -2.37. The molecule has 1 heterocycles. The van der Waals surface area contributed by atoms with E-state index >= 15 is 0 Å². The van der Waals surface area contributed by atoms with E-state index in [2.05, 4.69) is 4.74 Å². The number of benzene rings is 3. The molecule has 0 fully saturated rings. The Morgan fingerprint density at radius 3 is 2.32 bits per heavy atom. The van der Waals surface area contributed by atoms with E-state index in [-0.39, 0.29) is 27.2 Å². The Morgan fingerprint density at radius 2 is 1.73 bits per heavy atom. The zero-order valence-corrected chi connectivity index (χ0v) is 19.9.